The van der Waals surface area contributed by atoms with Crippen molar-refractivity contribution in [3.8, 4) is 0 Å². The molecule has 0 amide bonds. The number of rotatable bonds is 0. The monoisotopic (exact) mass is 326 g/mol. The van der Waals surface area contributed by atoms with Crippen molar-refractivity contribution in [1.82, 2.24) is 0 Å². The Balaban J connectivity index is 1.76. The van der Waals surface area contributed by atoms with Gasteiger partial charge in [0.15, 0.2) is 11.8 Å². The van der Waals surface area contributed by atoms with Gasteiger partial charge in [-0.1, -0.05) is 19.4 Å². The molecular weight excluding hydrogens is 298 g/mol. The number of halogens is 2. The molecule has 0 saturated heterocycles. The van der Waals surface area contributed by atoms with Crippen LogP contribution in [0.5, 0.6) is 0 Å². The summed E-state index contributed by atoms with van der Waals surface area (Å²) in [5.74, 6) is -0.342. The van der Waals surface area contributed by atoms with Crippen LogP contribution in [0.3, 0.4) is 0 Å². The Morgan fingerprint density at radius 2 is 1.96 bits per heavy atom. The highest BCUT2D eigenvalue weighted by atomic mass is 19.2. The van der Waals surface area contributed by atoms with Crippen molar-refractivity contribution in [2.45, 2.75) is 88.3 Å². The molecule has 0 aromatic carbocycles. The van der Waals surface area contributed by atoms with Crippen LogP contribution in [0.25, 0.3) is 0 Å². The first-order valence-corrected chi connectivity index (χ1v) is 9.23. The summed E-state index contributed by atoms with van der Waals surface area (Å²) in [6, 6.07) is 0. The topological polar surface area (TPSA) is 40.5 Å². The summed E-state index contributed by atoms with van der Waals surface area (Å²) in [5.41, 5.74) is -2.89. The van der Waals surface area contributed by atoms with E-state index in [1.54, 1.807) is 6.08 Å². The van der Waals surface area contributed by atoms with E-state index < -0.39 is 23.5 Å². The summed E-state index contributed by atoms with van der Waals surface area (Å²) in [4.78, 5) is 0. The average molecular weight is 326 g/mol. The lowest BCUT2D eigenvalue weighted by Crippen LogP contribution is -2.53. The van der Waals surface area contributed by atoms with Crippen LogP contribution in [0.4, 0.5) is 8.78 Å². The Hall–Kier alpha value is -0.480. The molecule has 0 radical (unpaired) electrons. The molecule has 0 bridgehead atoms. The summed E-state index contributed by atoms with van der Waals surface area (Å²) < 4.78 is 31.0. The lowest BCUT2D eigenvalue weighted by atomic mass is 9.60. The summed E-state index contributed by atoms with van der Waals surface area (Å²) in [6.45, 7) is 2.19. The van der Waals surface area contributed by atoms with Gasteiger partial charge in [0.1, 0.15) is 0 Å². The molecule has 4 rings (SSSR count). The fourth-order valence-corrected chi connectivity index (χ4v) is 6.27. The van der Waals surface area contributed by atoms with Gasteiger partial charge in [-0.05, 0) is 67.8 Å². The third-order valence-corrected chi connectivity index (χ3v) is 7.59. The molecule has 0 heterocycles. The average Bonchev–Trinajstić information content (AvgIpc) is 2.86. The fourth-order valence-electron chi connectivity index (χ4n) is 6.27. The van der Waals surface area contributed by atoms with Gasteiger partial charge in [0.05, 0.1) is 11.7 Å². The van der Waals surface area contributed by atoms with Gasteiger partial charge in [0, 0.05) is 6.42 Å². The summed E-state index contributed by atoms with van der Waals surface area (Å²) in [5, 5.41) is 21.4. The SMILES string of the molecule is CC12CC=C3C(F)C4(F)CC(O)CCC4CC[C@]3(O)C1CCC2. The molecule has 130 valence electrons. The number of hydrogen-bond donors (Lipinski definition) is 2. The summed E-state index contributed by atoms with van der Waals surface area (Å²) >= 11 is 0. The maximum Gasteiger partial charge on any atom is 0.158 e. The normalized spacial score (nSPS) is 56.1. The molecule has 4 aliphatic rings. The van der Waals surface area contributed by atoms with E-state index in [-0.39, 0.29) is 23.7 Å². The predicted octanol–water partition coefficient (Wildman–Crippen LogP) is 3.86. The number of aliphatic hydroxyl groups is 2. The molecule has 6 unspecified atom stereocenters. The van der Waals surface area contributed by atoms with Crippen LogP contribution in [0.2, 0.25) is 0 Å². The van der Waals surface area contributed by atoms with Crippen LogP contribution < -0.4 is 0 Å². The second-order valence-electron chi connectivity index (χ2n) is 8.85. The van der Waals surface area contributed by atoms with Gasteiger partial charge in [0.25, 0.3) is 0 Å². The Morgan fingerprint density at radius 1 is 1.17 bits per heavy atom. The van der Waals surface area contributed by atoms with E-state index in [0.29, 0.717) is 31.3 Å². The van der Waals surface area contributed by atoms with Gasteiger partial charge < -0.3 is 10.2 Å². The van der Waals surface area contributed by atoms with E-state index >= 15 is 8.78 Å². The molecule has 2 N–H and O–H groups in total. The van der Waals surface area contributed by atoms with Crippen molar-refractivity contribution < 1.29 is 19.0 Å². The highest BCUT2D eigenvalue weighted by Crippen LogP contribution is 2.61. The van der Waals surface area contributed by atoms with Crippen LogP contribution in [0, 0.1) is 17.3 Å². The lowest BCUT2D eigenvalue weighted by molar-refractivity contribution is -0.0726. The van der Waals surface area contributed by atoms with Crippen LogP contribution in [0.1, 0.15) is 64.7 Å². The maximum atomic E-state index is 15.6. The minimum atomic E-state index is -2.01. The number of alkyl halides is 2. The highest BCUT2D eigenvalue weighted by molar-refractivity contribution is 5.34. The standard InChI is InChI=1S/C19H28F2O2/c1-17-8-2-3-15(17)19(23)10-6-12-4-5-13(22)11-18(12,21)16(20)14(19)7-9-17/h7,12-13,15-16,22-23H,2-6,8-11H2,1H3/t12?,13?,15?,16?,17?,18?,19-/m1/s1. The Labute approximate surface area is 137 Å². The Morgan fingerprint density at radius 3 is 2.74 bits per heavy atom. The van der Waals surface area contributed by atoms with Gasteiger partial charge in [-0.2, -0.15) is 0 Å². The van der Waals surface area contributed by atoms with Gasteiger partial charge in [-0.25, -0.2) is 8.78 Å². The quantitative estimate of drug-likeness (QED) is 0.664. The van der Waals surface area contributed by atoms with Crippen molar-refractivity contribution in [2.75, 3.05) is 0 Å². The Bertz CT molecular complexity index is 535. The highest BCUT2D eigenvalue weighted by Gasteiger charge is 2.62. The van der Waals surface area contributed by atoms with Crippen molar-refractivity contribution in [1.29, 1.82) is 0 Å². The largest absolute Gasteiger partial charge is 0.393 e. The van der Waals surface area contributed by atoms with Crippen LogP contribution in [-0.2, 0) is 0 Å². The van der Waals surface area contributed by atoms with Crippen LogP contribution in [-0.4, -0.2) is 33.8 Å². The molecule has 23 heavy (non-hydrogen) atoms. The van der Waals surface area contributed by atoms with Crippen LogP contribution >= 0.6 is 0 Å². The molecule has 2 nitrogen and oxygen atoms in total. The number of hydrogen-bond acceptors (Lipinski definition) is 2. The second kappa shape index (κ2) is 5.01. The van der Waals surface area contributed by atoms with E-state index in [9.17, 15) is 10.2 Å². The zero-order chi connectivity index (χ0) is 16.5. The molecule has 0 aliphatic heterocycles. The molecule has 0 spiro atoms. The van der Waals surface area contributed by atoms with Crippen molar-refractivity contribution >= 4 is 0 Å². The number of fused-ring (bicyclic) bond motifs is 4. The second-order valence-corrected chi connectivity index (χ2v) is 8.85. The molecule has 4 heteroatoms. The van der Waals surface area contributed by atoms with Crippen LogP contribution in [0.15, 0.2) is 11.6 Å². The predicted molar refractivity (Wildman–Crippen MR) is 84.4 cm³/mol. The third-order valence-electron chi connectivity index (χ3n) is 7.59. The van der Waals surface area contributed by atoms with E-state index in [0.717, 1.165) is 25.7 Å². The maximum absolute atomic E-state index is 15.6. The zero-order valence-electron chi connectivity index (χ0n) is 13.9. The smallest absolute Gasteiger partial charge is 0.158 e. The molecule has 3 saturated carbocycles. The first-order chi connectivity index (χ1) is 10.8. The Kier molecular flexibility index (Phi) is 3.49. The van der Waals surface area contributed by atoms with Crippen molar-refractivity contribution in [2.24, 2.45) is 17.3 Å². The third kappa shape index (κ3) is 2.10. The van der Waals surface area contributed by atoms with E-state index in [2.05, 4.69) is 6.92 Å². The van der Waals surface area contributed by atoms with Gasteiger partial charge in [-0.3, -0.25) is 0 Å². The van der Waals surface area contributed by atoms with Gasteiger partial charge in [-0.15, -0.1) is 0 Å². The fraction of sp³-hybridized carbons (Fsp3) is 0.895. The summed E-state index contributed by atoms with van der Waals surface area (Å²) in [6.07, 6.45) is 4.94. The van der Waals surface area contributed by atoms with E-state index in [1.165, 1.54) is 0 Å². The van der Waals surface area contributed by atoms with Crippen molar-refractivity contribution in [3.05, 3.63) is 11.6 Å². The van der Waals surface area contributed by atoms with E-state index in [4.69, 9.17) is 0 Å². The number of aliphatic hydroxyl groups excluding tert-OH is 1. The number of allylic oxidation sites excluding steroid dienone is 1. The first kappa shape index (κ1) is 16.0. The zero-order valence-corrected chi connectivity index (χ0v) is 13.9. The molecule has 7 atom stereocenters. The molecule has 0 aromatic heterocycles. The van der Waals surface area contributed by atoms with E-state index in [1.807, 2.05) is 0 Å². The molecule has 4 aliphatic carbocycles. The molecule has 0 aromatic rings. The molecular formula is C19H28F2O2. The lowest BCUT2D eigenvalue weighted by Gasteiger charge is -2.49. The van der Waals surface area contributed by atoms with Gasteiger partial charge in [0.2, 0.25) is 0 Å². The molecule has 3 fully saturated rings. The van der Waals surface area contributed by atoms with Crippen molar-refractivity contribution in [3.63, 3.8) is 0 Å². The summed E-state index contributed by atoms with van der Waals surface area (Å²) in [7, 11) is 0. The van der Waals surface area contributed by atoms with Gasteiger partial charge >= 0.3 is 0 Å². The minimum absolute atomic E-state index is 0.0243. The minimum Gasteiger partial charge on any atom is -0.393 e. The first-order valence-electron chi connectivity index (χ1n) is 9.23.